The Balaban J connectivity index is 1.66. The molecule has 0 atom stereocenters. The first kappa shape index (κ1) is 19.7. The average molecular weight is 414 g/mol. The number of amides is 1. The van der Waals surface area contributed by atoms with Gasteiger partial charge in [0.1, 0.15) is 5.75 Å². The second kappa shape index (κ2) is 7.66. The van der Waals surface area contributed by atoms with Crippen molar-refractivity contribution in [2.24, 2.45) is 10.2 Å². The van der Waals surface area contributed by atoms with Crippen LogP contribution in [-0.2, 0) is 11.3 Å². The van der Waals surface area contributed by atoms with E-state index in [1.807, 2.05) is 30.5 Å². The minimum absolute atomic E-state index is 0.0776. The summed E-state index contributed by atoms with van der Waals surface area (Å²) in [7, 11) is 0. The monoisotopic (exact) mass is 414 g/mol. The van der Waals surface area contributed by atoms with E-state index in [1.54, 1.807) is 0 Å². The number of para-hydroxylation sites is 1. The van der Waals surface area contributed by atoms with E-state index in [9.17, 15) is 18.0 Å². The molecule has 0 unspecified atom stereocenters. The Morgan fingerprint density at radius 3 is 2.77 bits per heavy atom. The summed E-state index contributed by atoms with van der Waals surface area (Å²) in [5, 5.41) is 11.5. The molecule has 2 heterocycles. The molecule has 4 rings (SSSR count). The highest BCUT2D eigenvalue weighted by molar-refractivity contribution is 6.53. The van der Waals surface area contributed by atoms with Gasteiger partial charge in [0.15, 0.2) is 5.71 Å². The third-order valence-electron chi connectivity index (χ3n) is 4.58. The zero-order chi connectivity index (χ0) is 21.3. The molecule has 30 heavy (non-hydrogen) atoms. The van der Waals surface area contributed by atoms with Gasteiger partial charge in [0.2, 0.25) is 0 Å². The number of nitrogens with one attached hydrogen (secondary N) is 1. The predicted molar refractivity (Wildman–Crippen MR) is 108 cm³/mol. The van der Waals surface area contributed by atoms with Crippen molar-refractivity contribution in [1.29, 1.82) is 0 Å². The van der Waals surface area contributed by atoms with Gasteiger partial charge in [0.05, 0.1) is 11.9 Å². The second-order valence-corrected chi connectivity index (χ2v) is 6.70. The van der Waals surface area contributed by atoms with Gasteiger partial charge in [-0.1, -0.05) is 25.1 Å². The van der Waals surface area contributed by atoms with Crippen molar-refractivity contribution in [3.8, 4) is 5.75 Å². The number of aryl methyl sites for hydroxylation is 1. The number of aromatic nitrogens is 1. The number of fused-ring (bicyclic) bond motifs is 2. The molecule has 0 saturated heterocycles. The Hall–Kier alpha value is -3.62. The van der Waals surface area contributed by atoms with Crippen LogP contribution in [0, 0.1) is 0 Å². The number of hydrogen-bond donors (Lipinski definition) is 1. The van der Waals surface area contributed by atoms with E-state index in [-0.39, 0.29) is 11.3 Å². The molecule has 3 aromatic rings. The maximum absolute atomic E-state index is 12.5. The number of alkyl halides is 3. The summed E-state index contributed by atoms with van der Waals surface area (Å²) in [5.74, 6) is -0.975. The molecule has 0 fully saturated rings. The first-order valence-corrected chi connectivity index (χ1v) is 9.26. The first-order valence-electron chi connectivity index (χ1n) is 9.26. The van der Waals surface area contributed by atoms with E-state index >= 15 is 0 Å². The lowest BCUT2D eigenvalue weighted by atomic mass is 10.1. The molecule has 0 radical (unpaired) electrons. The van der Waals surface area contributed by atoms with Gasteiger partial charge in [0.25, 0.3) is 5.91 Å². The number of carbonyl (C=O) groups is 1. The van der Waals surface area contributed by atoms with Crippen molar-refractivity contribution in [2.45, 2.75) is 26.3 Å². The van der Waals surface area contributed by atoms with Gasteiger partial charge in [-0.3, -0.25) is 4.79 Å². The predicted octanol–water partition coefficient (Wildman–Crippen LogP) is 4.73. The third kappa shape index (κ3) is 3.91. The molecule has 1 aromatic heterocycles. The Bertz CT molecular complexity index is 1180. The molecule has 1 amide bonds. The standard InChI is InChI=1S/C21H17F3N4O2/c1-2-9-28-12-13(15-5-3-4-6-18(15)28)11-25-27-19-16-10-14(30-21(22,23)24)7-8-17(16)26-20(19)29/h3-8,10-12H,2,9H2,1H3,(H,26,27,29)/b25-11-. The van der Waals surface area contributed by atoms with Gasteiger partial charge in [-0.15, -0.1) is 18.3 Å². The first-order chi connectivity index (χ1) is 14.4. The van der Waals surface area contributed by atoms with Crippen molar-refractivity contribution >= 4 is 34.4 Å². The zero-order valence-corrected chi connectivity index (χ0v) is 15.9. The summed E-state index contributed by atoms with van der Waals surface area (Å²) >= 11 is 0. The Kier molecular flexibility index (Phi) is 5.03. The fourth-order valence-corrected chi connectivity index (χ4v) is 3.38. The van der Waals surface area contributed by atoms with E-state index in [0.29, 0.717) is 5.69 Å². The van der Waals surface area contributed by atoms with Crippen molar-refractivity contribution in [3.63, 3.8) is 0 Å². The molecular weight excluding hydrogens is 397 g/mol. The fraction of sp³-hybridized carbons (Fsp3) is 0.190. The zero-order valence-electron chi connectivity index (χ0n) is 15.9. The smallest absolute Gasteiger partial charge is 0.406 e. The van der Waals surface area contributed by atoms with Crippen LogP contribution in [0.15, 0.2) is 58.9 Å². The van der Waals surface area contributed by atoms with E-state index in [0.717, 1.165) is 41.6 Å². The molecule has 1 aliphatic rings. The lowest BCUT2D eigenvalue weighted by Crippen LogP contribution is -2.17. The van der Waals surface area contributed by atoms with Crippen LogP contribution in [0.1, 0.15) is 24.5 Å². The van der Waals surface area contributed by atoms with Crippen LogP contribution in [0.4, 0.5) is 18.9 Å². The highest BCUT2D eigenvalue weighted by Crippen LogP contribution is 2.31. The lowest BCUT2D eigenvalue weighted by molar-refractivity contribution is -0.274. The van der Waals surface area contributed by atoms with Crippen molar-refractivity contribution in [3.05, 3.63) is 59.8 Å². The van der Waals surface area contributed by atoms with Crippen molar-refractivity contribution in [1.82, 2.24) is 4.57 Å². The normalized spacial score (nSPS) is 15.2. The highest BCUT2D eigenvalue weighted by atomic mass is 19.4. The number of rotatable bonds is 5. The van der Waals surface area contributed by atoms with E-state index in [2.05, 4.69) is 31.7 Å². The summed E-state index contributed by atoms with van der Waals surface area (Å²) < 4.78 is 43.5. The molecule has 9 heteroatoms. The van der Waals surface area contributed by atoms with Gasteiger partial charge < -0.3 is 14.6 Å². The molecule has 0 bridgehead atoms. The number of halogens is 3. The second-order valence-electron chi connectivity index (χ2n) is 6.70. The summed E-state index contributed by atoms with van der Waals surface area (Å²) in [6.07, 6.45) is -0.373. The van der Waals surface area contributed by atoms with Crippen LogP contribution in [0.2, 0.25) is 0 Å². The number of benzene rings is 2. The maximum atomic E-state index is 12.5. The minimum atomic E-state index is -4.83. The van der Waals surface area contributed by atoms with Gasteiger partial charge in [-0.2, -0.15) is 5.10 Å². The number of nitrogens with zero attached hydrogens (tertiary/aromatic N) is 3. The summed E-state index contributed by atoms with van der Waals surface area (Å²) in [5.41, 5.74) is 2.36. The lowest BCUT2D eigenvalue weighted by Gasteiger charge is -2.09. The molecular formula is C21H17F3N4O2. The molecule has 0 aliphatic carbocycles. The van der Waals surface area contributed by atoms with Crippen LogP contribution in [0.3, 0.4) is 0 Å². The molecule has 2 aromatic carbocycles. The summed E-state index contributed by atoms with van der Waals surface area (Å²) in [4.78, 5) is 12.2. The maximum Gasteiger partial charge on any atom is 0.573 e. The quantitative estimate of drug-likeness (QED) is 0.485. The van der Waals surface area contributed by atoms with E-state index < -0.39 is 18.0 Å². The number of anilines is 1. The van der Waals surface area contributed by atoms with Gasteiger partial charge in [0, 0.05) is 34.8 Å². The van der Waals surface area contributed by atoms with E-state index in [4.69, 9.17) is 0 Å². The minimum Gasteiger partial charge on any atom is -0.406 e. The van der Waals surface area contributed by atoms with Crippen LogP contribution in [0.25, 0.3) is 10.9 Å². The van der Waals surface area contributed by atoms with Crippen LogP contribution in [0.5, 0.6) is 5.75 Å². The fourth-order valence-electron chi connectivity index (χ4n) is 3.38. The molecule has 1 N–H and O–H groups in total. The van der Waals surface area contributed by atoms with Gasteiger partial charge in [-0.25, -0.2) is 0 Å². The topological polar surface area (TPSA) is 68.0 Å². The van der Waals surface area contributed by atoms with Crippen LogP contribution >= 0.6 is 0 Å². The number of carbonyl (C=O) groups excluding carboxylic acids is 1. The van der Waals surface area contributed by atoms with E-state index in [1.165, 1.54) is 12.3 Å². The number of hydrogen-bond acceptors (Lipinski definition) is 4. The van der Waals surface area contributed by atoms with Crippen LogP contribution < -0.4 is 10.1 Å². The summed E-state index contributed by atoms with van der Waals surface area (Å²) in [6, 6.07) is 11.4. The Morgan fingerprint density at radius 2 is 2.00 bits per heavy atom. The van der Waals surface area contributed by atoms with Crippen LogP contribution in [-0.4, -0.2) is 28.8 Å². The molecule has 0 spiro atoms. The molecule has 1 aliphatic heterocycles. The molecule has 6 nitrogen and oxygen atoms in total. The Labute approximate surface area is 169 Å². The number of ether oxygens (including phenoxy) is 1. The molecule has 0 saturated carbocycles. The third-order valence-corrected chi connectivity index (χ3v) is 4.58. The van der Waals surface area contributed by atoms with Crippen molar-refractivity contribution in [2.75, 3.05) is 5.32 Å². The molecule has 154 valence electrons. The largest absolute Gasteiger partial charge is 0.573 e. The van der Waals surface area contributed by atoms with Gasteiger partial charge in [-0.05, 0) is 30.7 Å². The Morgan fingerprint density at radius 1 is 1.20 bits per heavy atom. The van der Waals surface area contributed by atoms with Crippen molar-refractivity contribution < 1.29 is 22.7 Å². The average Bonchev–Trinajstić information content (AvgIpc) is 3.19. The highest BCUT2D eigenvalue weighted by Gasteiger charge is 2.33. The van der Waals surface area contributed by atoms with Gasteiger partial charge >= 0.3 is 6.36 Å². The summed E-state index contributed by atoms with van der Waals surface area (Å²) in [6.45, 7) is 2.93. The SMILES string of the molecule is CCCn1cc(/C=N\N=C2\C(=O)Nc3ccc(OC(F)(F)F)cc32)c2ccccc21.